The fraction of sp³-hybridized carbons (Fsp3) is 0.533. The highest BCUT2D eigenvalue weighted by atomic mass is 35.5. The van der Waals surface area contributed by atoms with Crippen LogP contribution in [-0.4, -0.2) is 19.1 Å². The number of methoxy groups -OCH3 is 1. The Bertz CT molecular complexity index is 511. The van der Waals surface area contributed by atoms with Crippen molar-refractivity contribution in [3.63, 3.8) is 0 Å². The normalized spacial score (nSPS) is 15.4. The lowest BCUT2D eigenvalue weighted by molar-refractivity contribution is -0.144. The molecular formula is C15H20Cl2FNO2. The maximum absolute atomic E-state index is 13.6. The van der Waals surface area contributed by atoms with Crippen LogP contribution in [-0.2, 0) is 9.53 Å². The first kappa shape index (κ1) is 18.2. The highest BCUT2D eigenvalue weighted by molar-refractivity contribution is 6.35. The molecule has 0 radical (unpaired) electrons. The monoisotopic (exact) mass is 335 g/mol. The Kier molecular flexibility index (Phi) is 6.91. The van der Waals surface area contributed by atoms with E-state index in [9.17, 15) is 9.18 Å². The van der Waals surface area contributed by atoms with E-state index in [4.69, 9.17) is 27.9 Å². The van der Waals surface area contributed by atoms with Crippen molar-refractivity contribution in [2.75, 3.05) is 7.11 Å². The van der Waals surface area contributed by atoms with Crippen LogP contribution in [0.3, 0.4) is 0 Å². The van der Waals surface area contributed by atoms with Gasteiger partial charge in [-0.25, -0.2) is 4.39 Å². The Morgan fingerprint density at radius 3 is 2.48 bits per heavy atom. The summed E-state index contributed by atoms with van der Waals surface area (Å²) in [4.78, 5) is 11.9. The quantitative estimate of drug-likeness (QED) is 0.619. The molecule has 1 rings (SSSR count). The smallest absolute Gasteiger partial charge is 0.323 e. The van der Waals surface area contributed by atoms with Crippen molar-refractivity contribution in [1.29, 1.82) is 0 Å². The van der Waals surface area contributed by atoms with Gasteiger partial charge in [0.15, 0.2) is 0 Å². The molecule has 3 atom stereocenters. The summed E-state index contributed by atoms with van der Waals surface area (Å²) in [6, 6.07) is 1.85. The van der Waals surface area contributed by atoms with Gasteiger partial charge in [-0.2, -0.15) is 0 Å². The number of hydrogen-bond donors (Lipinski definition) is 1. The zero-order valence-electron chi connectivity index (χ0n) is 12.5. The zero-order valence-corrected chi connectivity index (χ0v) is 14.1. The summed E-state index contributed by atoms with van der Waals surface area (Å²) in [6.45, 7) is 5.75. The van der Waals surface area contributed by atoms with Gasteiger partial charge in [0.05, 0.1) is 12.1 Å². The third-order valence-electron chi connectivity index (χ3n) is 3.60. The molecule has 0 heterocycles. The first-order valence-corrected chi connectivity index (χ1v) is 7.55. The summed E-state index contributed by atoms with van der Waals surface area (Å²) >= 11 is 11.8. The minimum absolute atomic E-state index is 0.0256. The number of hydrogen-bond acceptors (Lipinski definition) is 3. The summed E-state index contributed by atoms with van der Waals surface area (Å²) in [6.07, 6.45) is 0.808. The average Bonchev–Trinajstić information content (AvgIpc) is 2.46. The third kappa shape index (κ3) is 4.56. The van der Waals surface area contributed by atoms with Crippen LogP contribution < -0.4 is 5.32 Å². The predicted molar refractivity (Wildman–Crippen MR) is 83.2 cm³/mol. The van der Waals surface area contributed by atoms with Gasteiger partial charge in [-0.1, -0.05) is 43.5 Å². The number of halogens is 3. The van der Waals surface area contributed by atoms with Crippen LogP contribution in [0.1, 0.15) is 38.8 Å². The number of ether oxygens (including phenoxy) is 1. The van der Waals surface area contributed by atoms with E-state index in [1.165, 1.54) is 19.2 Å². The predicted octanol–water partition coefficient (Wildman–Crippen LogP) is 4.37. The minimum Gasteiger partial charge on any atom is -0.468 e. The Hall–Kier alpha value is -0.840. The molecule has 0 aromatic heterocycles. The summed E-state index contributed by atoms with van der Waals surface area (Å²) in [5, 5.41) is 3.48. The van der Waals surface area contributed by atoms with Crippen LogP contribution in [0.5, 0.6) is 0 Å². The molecule has 1 aromatic rings. The Morgan fingerprint density at radius 1 is 1.33 bits per heavy atom. The van der Waals surface area contributed by atoms with E-state index in [0.29, 0.717) is 10.6 Å². The molecule has 1 N–H and O–H groups in total. The van der Waals surface area contributed by atoms with Crippen LogP contribution in [0, 0.1) is 11.7 Å². The first-order valence-electron chi connectivity index (χ1n) is 6.80. The van der Waals surface area contributed by atoms with Crippen LogP contribution >= 0.6 is 23.2 Å². The van der Waals surface area contributed by atoms with E-state index in [2.05, 4.69) is 5.32 Å². The topological polar surface area (TPSA) is 38.3 Å². The molecule has 0 fully saturated rings. The van der Waals surface area contributed by atoms with Crippen LogP contribution in [0.2, 0.25) is 10.0 Å². The van der Waals surface area contributed by atoms with Crippen molar-refractivity contribution >= 4 is 29.2 Å². The lowest BCUT2D eigenvalue weighted by Crippen LogP contribution is -2.43. The lowest BCUT2D eigenvalue weighted by atomic mass is 9.97. The van der Waals surface area contributed by atoms with Gasteiger partial charge in [-0.3, -0.25) is 10.1 Å². The van der Waals surface area contributed by atoms with Crippen LogP contribution in [0.4, 0.5) is 4.39 Å². The van der Waals surface area contributed by atoms with E-state index >= 15 is 0 Å². The minimum atomic E-state index is -0.539. The van der Waals surface area contributed by atoms with Crippen molar-refractivity contribution < 1.29 is 13.9 Å². The molecule has 0 saturated heterocycles. The highest BCUT2D eigenvalue weighted by Crippen LogP contribution is 2.29. The van der Waals surface area contributed by atoms with E-state index in [-0.39, 0.29) is 23.0 Å². The zero-order chi connectivity index (χ0) is 16.2. The number of nitrogens with one attached hydrogen (secondary N) is 1. The standard InChI is InChI=1S/C15H20Cl2FNO2/c1-5-8(2)14(15(20)21-4)19-9(3)10-6-13(18)12(17)7-11(10)16/h6-9,14,19H,5H2,1-4H3. The van der Waals surface area contributed by atoms with E-state index in [1.807, 2.05) is 20.8 Å². The molecular weight excluding hydrogens is 316 g/mol. The first-order chi connectivity index (χ1) is 9.81. The van der Waals surface area contributed by atoms with Gasteiger partial charge in [0.1, 0.15) is 11.9 Å². The molecule has 21 heavy (non-hydrogen) atoms. The Morgan fingerprint density at radius 2 is 1.95 bits per heavy atom. The third-order valence-corrected chi connectivity index (χ3v) is 4.22. The number of carbonyl (C=O) groups excluding carboxylic acids is 1. The second kappa shape index (κ2) is 7.97. The van der Waals surface area contributed by atoms with Gasteiger partial charge < -0.3 is 4.74 Å². The van der Waals surface area contributed by atoms with Gasteiger partial charge in [-0.15, -0.1) is 0 Å². The number of rotatable bonds is 6. The number of benzene rings is 1. The van der Waals surface area contributed by atoms with E-state index in [0.717, 1.165) is 6.42 Å². The summed E-state index contributed by atoms with van der Waals surface area (Å²) in [5.74, 6) is -0.805. The van der Waals surface area contributed by atoms with Gasteiger partial charge in [0, 0.05) is 11.1 Å². The molecule has 0 aliphatic carbocycles. The molecule has 0 aliphatic heterocycles. The second-order valence-corrected chi connectivity index (χ2v) is 5.88. The van der Waals surface area contributed by atoms with Gasteiger partial charge >= 0.3 is 5.97 Å². The molecule has 0 saturated carbocycles. The highest BCUT2D eigenvalue weighted by Gasteiger charge is 2.27. The largest absolute Gasteiger partial charge is 0.468 e. The van der Waals surface area contributed by atoms with Gasteiger partial charge in [0.25, 0.3) is 0 Å². The van der Waals surface area contributed by atoms with Crippen LogP contribution in [0.15, 0.2) is 12.1 Å². The Balaban J connectivity index is 2.99. The van der Waals surface area contributed by atoms with Crippen molar-refractivity contribution in [2.45, 2.75) is 39.3 Å². The summed E-state index contributed by atoms with van der Waals surface area (Å²) < 4.78 is 18.4. The molecule has 0 spiro atoms. The van der Waals surface area contributed by atoms with E-state index in [1.54, 1.807) is 0 Å². The van der Waals surface area contributed by atoms with Gasteiger partial charge in [-0.05, 0) is 30.5 Å². The molecule has 3 unspecified atom stereocenters. The maximum Gasteiger partial charge on any atom is 0.323 e. The molecule has 0 amide bonds. The average molecular weight is 336 g/mol. The summed E-state index contributed by atoms with van der Waals surface area (Å²) in [7, 11) is 1.35. The number of carbonyl (C=O) groups is 1. The molecule has 0 bridgehead atoms. The molecule has 1 aromatic carbocycles. The lowest BCUT2D eigenvalue weighted by Gasteiger charge is -2.26. The maximum atomic E-state index is 13.6. The summed E-state index contributed by atoms with van der Waals surface area (Å²) in [5.41, 5.74) is 0.552. The van der Waals surface area contributed by atoms with Crippen molar-refractivity contribution in [3.05, 3.63) is 33.6 Å². The fourth-order valence-corrected chi connectivity index (χ4v) is 2.60. The molecule has 6 heteroatoms. The van der Waals surface area contributed by atoms with Crippen molar-refractivity contribution in [1.82, 2.24) is 5.32 Å². The fourth-order valence-electron chi connectivity index (χ4n) is 2.06. The Labute approximate surface area is 134 Å². The van der Waals surface area contributed by atoms with Crippen LogP contribution in [0.25, 0.3) is 0 Å². The van der Waals surface area contributed by atoms with E-state index < -0.39 is 11.9 Å². The van der Waals surface area contributed by atoms with Crippen molar-refractivity contribution in [2.24, 2.45) is 5.92 Å². The van der Waals surface area contributed by atoms with Crippen molar-refractivity contribution in [3.8, 4) is 0 Å². The molecule has 3 nitrogen and oxygen atoms in total. The van der Waals surface area contributed by atoms with Gasteiger partial charge in [0.2, 0.25) is 0 Å². The second-order valence-electron chi connectivity index (χ2n) is 5.06. The number of esters is 1. The SMILES string of the molecule is CCC(C)C(NC(C)c1cc(F)c(Cl)cc1Cl)C(=O)OC. The molecule has 118 valence electrons. The molecule has 0 aliphatic rings.